The zero-order valence-corrected chi connectivity index (χ0v) is 17.0. The summed E-state index contributed by atoms with van der Waals surface area (Å²) >= 11 is 0. The third kappa shape index (κ3) is 5.52. The molecule has 0 fully saturated rings. The molecule has 0 aliphatic carbocycles. The highest BCUT2D eigenvalue weighted by molar-refractivity contribution is 5.78. The Bertz CT molecular complexity index is 925. The number of hydrogen-bond donors (Lipinski definition) is 1. The van der Waals surface area contributed by atoms with Crippen molar-refractivity contribution in [2.24, 2.45) is 0 Å². The van der Waals surface area contributed by atoms with E-state index in [1.54, 1.807) is 23.1 Å². The van der Waals surface area contributed by atoms with E-state index in [1.807, 2.05) is 13.0 Å². The lowest BCUT2D eigenvalue weighted by Gasteiger charge is -2.21. The van der Waals surface area contributed by atoms with E-state index in [0.29, 0.717) is 30.6 Å². The number of amides is 1. The van der Waals surface area contributed by atoms with Crippen LogP contribution in [0.5, 0.6) is 5.75 Å². The normalized spacial score (nSPS) is 11.3. The van der Waals surface area contributed by atoms with Crippen LogP contribution in [0.2, 0.25) is 0 Å². The first-order chi connectivity index (χ1) is 14.1. The number of ether oxygens (including phenoxy) is 1. The lowest BCUT2D eigenvalue weighted by Crippen LogP contribution is -2.30. The van der Waals surface area contributed by atoms with E-state index in [-0.39, 0.29) is 17.2 Å². The number of aliphatic carboxylic acids is 1. The highest BCUT2D eigenvalue weighted by Crippen LogP contribution is 2.41. The minimum absolute atomic E-state index is 0.00262. The summed E-state index contributed by atoms with van der Waals surface area (Å²) in [5.74, 6) is -1.42. The molecule has 8 heteroatoms. The molecule has 1 N–H and O–H groups in total. The first-order valence-electron chi connectivity index (χ1n) is 9.42. The molecule has 0 spiro atoms. The van der Waals surface area contributed by atoms with Gasteiger partial charge in [0.1, 0.15) is 5.75 Å². The van der Waals surface area contributed by atoms with Gasteiger partial charge in [0, 0.05) is 25.6 Å². The van der Waals surface area contributed by atoms with Gasteiger partial charge in [-0.05, 0) is 42.2 Å². The second-order valence-corrected chi connectivity index (χ2v) is 6.78. The van der Waals surface area contributed by atoms with Crippen molar-refractivity contribution in [3.63, 3.8) is 0 Å². The van der Waals surface area contributed by atoms with Crippen LogP contribution in [0.4, 0.5) is 13.2 Å². The topological polar surface area (TPSA) is 66.8 Å². The van der Waals surface area contributed by atoms with Gasteiger partial charge in [-0.1, -0.05) is 24.3 Å². The zero-order chi connectivity index (χ0) is 22.5. The number of likely N-dealkylation sites (N-methyl/N-ethyl adjacent to an activating group) is 1. The largest absolute Gasteiger partial charge is 0.496 e. The van der Waals surface area contributed by atoms with Crippen LogP contribution in [-0.2, 0) is 28.6 Å². The van der Waals surface area contributed by atoms with Crippen molar-refractivity contribution in [2.45, 2.75) is 32.9 Å². The molecule has 0 saturated heterocycles. The number of carboxylic acids is 1. The fourth-order valence-electron chi connectivity index (χ4n) is 3.37. The maximum absolute atomic E-state index is 13.5. The van der Waals surface area contributed by atoms with E-state index in [4.69, 9.17) is 9.84 Å². The molecule has 0 aliphatic heterocycles. The summed E-state index contributed by atoms with van der Waals surface area (Å²) in [5, 5.41) is 9.09. The summed E-state index contributed by atoms with van der Waals surface area (Å²) in [6.45, 7) is 4.34. The monoisotopic (exact) mass is 423 g/mol. The maximum Gasteiger partial charge on any atom is 0.416 e. The standard InChI is InChI=1S/C22H24F3NO4/c1-4-26(14(2)27)10-9-15-7-5-6-8-17(15)18-11-16(12-21(28)29)19(22(23,24)25)13-20(18)30-3/h5-8,11,13H,4,9-10,12H2,1-3H3,(H,28,29). The average Bonchev–Trinajstić information content (AvgIpc) is 2.67. The van der Waals surface area contributed by atoms with Crippen molar-refractivity contribution in [3.8, 4) is 16.9 Å². The van der Waals surface area contributed by atoms with E-state index in [2.05, 4.69) is 0 Å². The third-order valence-corrected chi connectivity index (χ3v) is 4.86. The second-order valence-electron chi connectivity index (χ2n) is 6.78. The Labute approximate surface area is 173 Å². The predicted molar refractivity (Wildman–Crippen MR) is 106 cm³/mol. The number of carboxylic acid groups (broad SMARTS) is 1. The Balaban J connectivity index is 2.58. The lowest BCUT2D eigenvalue weighted by molar-refractivity contribution is -0.139. The van der Waals surface area contributed by atoms with Crippen molar-refractivity contribution in [2.75, 3.05) is 20.2 Å². The number of nitrogens with zero attached hydrogens (tertiary/aromatic N) is 1. The van der Waals surface area contributed by atoms with Gasteiger partial charge < -0.3 is 14.7 Å². The van der Waals surface area contributed by atoms with Gasteiger partial charge in [-0.2, -0.15) is 13.2 Å². The highest BCUT2D eigenvalue weighted by Gasteiger charge is 2.35. The number of hydrogen-bond acceptors (Lipinski definition) is 3. The van der Waals surface area contributed by atoms with E-state index in [1.165, 1.54) is 20.1 Å². The second kappa shape index (κ2) is 9.65. The van der Waals surface area contributed by atoms with Crippen LogP contribution in [0.25, 0.3) is 11.1 Å². The van der Waals surface area contributed by atoms with Gasteiger partial charge in [0.2, 0.25) is 5.91 Å². The van der Waals surface area contributed by atoms with E-state index in [0.717, 1.165) is 11.6 Å². The molecule has 0 unspecified atom stereocenters. The predicted octanol–water partition coefficient (Wildman–Crippen LogP) is 4.42. The van der Waals surface area contributed by atoms with Crippen LogP contribution in [-0.4, -0.2) is 42.1 Å². The molecule has 162 valence electrons. The van der Waals surface area contributed by atoms with Crippen molar-refractivity contribution in [3.05, 3.63) is 53.1 Å². The first-order valence-corrected chi connectivity index (χ1v) is 9.42. The lowest BCUT2D eigenvalue weighted by atomic mass is 9.92. The summed E-state index contributed by atoms with van der Waals surface area (Å²) in [6, 6.07) is 9.20. The Morgan fingerprint density at radius 1 is 1.10 bits per heavy atom. The number of benzene rings is 2. The summed E-state index contributed by atoms with van der Waals surface area (Å²) in [5.41, 5.74) is 0.463. The summed E-state index contributed by atoms with van der Waals surface area (Å²) in [6.07, 6.45) is -4.98. The first kappa shape index (κ1) is 23.3. The van der Waals surface area contributed by atoms with Gasteiger partial charge in [-0.15, -0.1) is 0 Å². The molecule has 0 heterocycles. The fourth-order valence-corrected chi connectivity index (χ4v) is 3.37. The van der Waals surface area contributed by atoms with Gasteiger partial charge in [0.15, 0.2) is 0 Å². The number of alkyl halides is 3. The van der Waals surface area contributed by atoms with E-state index >= 15 is 0 Å². The Kier molecular flexibility index (Phi) is 7.48. The van der Waals surface area contributed by atoms with Gasteiger partial charge in [-0.25, -0.2) is 0 Å². The molecule has 0 atom stereocenters. The number of methoxy groups -OCH3 is 1. The SMILES string of the molecule is CCN(CCc1ccccc1-c1cc(CC(=O)O)c(C(F)(F)F)cc1OC)C(C)=O. The number of rotatable bonds is 8. The summed E-state index contributed by atoms with van der Waals surface area (Å²) < 4.78 is 45.6. The molecular formula is C22H24F3NO4. The quantitative estimate of drug-likeness (QED) is 0.683. The molecule has 1 amide bonds. The van der Waals surface area contributed by atoms with Crippen LogP contribution < -0.4 is 4.74 Å². The van der Waals surface area contributed by atoms with E-state index < -0.39 is 24.1 Å². The van der Waals surface area contributed by atoms with Crippen molar-refractivity contribution < 1.29 is 32.6 Å². The van der Waals surface area contributed by atoms with E-state index in [9.17, 15) is 22.8 Å². The molecule has 0 aromatic heterocycles. The molecule has 0 saturated carbocycles. The van der Waals surface area contributed by atoms with Crippen LogP contribution in [0.3, 0.4) is 0 Å². The Hall–Kier alpha value is -3.03. The summed E-state index contributed by atoms with van der Waals surface area (Å²) in [7, 11) is 1.27. The smallest absolute Gasteiger partial charge is 0.416 e. The van der Waals surface area contributed by atoms with Gasteiger partial charge in [0.25, 0.3) is 0 Å². The average molecular weight is 423 g/mol. The molecule has 2 aromatic rings. The van der Waals surface area contributed by atoms with Crippen molar-refractivity contribution in [1.82, 2.24) is 4.90 Å². The maximum atomic E-state index is 13.5. The van der Waals surface area contributed by atoms with Crippen LogP contribution >= 0.6 is 0 Å². The number of carbonyl (C=O) groups excluding carboxylic acids is 1. The van der Waals surface area contributed by atoms with Crippen LogP contribution in [0, 0.1) is 0 Å². The van der Waals surface area contributed by atoms with Crippen LogP contribution in [0.15, 0.2) is 36.4 Å². The fraction of sp³-hybridized carbons (Fsp3) is 0.364. The molecule has 2 aromatic carbocycles. The van der Waals surface area contributed by atoms with Gasteiger partial charge in [-0.3, -0.25) is 9.59 Å². The van der Waals surface area contributed by atoms with Gasteiger partial charge in [0.05, 0.1) is 19.1 Å². The van der Waals surface area contributed by atoms with Gasteiger partial charge >= 0.3 is 12.1 Å². The molecule has 0 bridgehead atoms. The summed E-state index contributed by atoms with van der Waals surface area (Å²) in [4.78, 5) is 24.5. The molecule has 2 rings (SSSR count). The van der Waals surface area contributed by atoms with Crippen molar-refractivity contribution >= 4 is 11.9 Å². The molecule has 0 aliphatic rings. The zero-order valence-electron chi connectivity index (χ0n) is 17.0. The molecular weight excluding hydrogens is 399 g/mol. The number of halogens is 3. The minimum atomic E-state index is -4.71. The van der Waals surface area contributed by atoms with Crippen LogP contribution in [0.1, 0.15) is 30.5 Å². The highest BCUT2D eigenvalue weighted by atomic mass is 19.4. The molecule has 0 radical (unpaired) electrons. The molecule has 30 heavy (non-hydrogen) atoms. The number of carbonyl (C=O) groups is 2. The minimum Gasteiger partial charge on any atom is -0.496 e. The van der Waals surface area contributed by atoms with Crippen molar-refractivity contribution in [1.29, 1.82) is 0 Å². The third-order valence-electron chi connectivity index (χ3n) is 4.86. The Morgan fingerprint density at radius 2 is 1.77 bits per heavy atom. The Morgan fingerprint density at radius 3 is 2.30 bits per heavy atom. The molecule has 5 nitrogen and oxygen atoms in total.